The molecule has 0 aliphatic carbocycles. The molecule has 2 atom stereocenters. The molecule has 104 valence electrons. The zero-order valence-corrected chi connectivity index (χ0v) is 11.5. The number of rotatable bonds is 5. The maximum Gasteiger partial charge on any atom is 0.224 e. The van der Waals surface area contributed by atoms with Crippen molar-refractivity contribution in [1.29, 1.82) is 0 Å². The van der Waals surface area contributed by atoms with E-state index in [-0.39, 0.29) is 11.9 Å². The summed E-state index contributed by atoms with van der Waals surface area (Å²) in [6.45, 7) is 1.81. The second-order valence-corrected chi connectivity index (χ2v) is 4.87. The highest BCUT2D eigenvalue weighted by Gasteiger charge is 2.18. The van der Waals surface area contributed by atoms with E-state index in [4.69, 9.17) is 0 Å². The van der Waals surface area contributed by atoms with Gasteiger partial charge in [0, 0.05) is 0 Å². The fraction of sp³-hybridized carbons (Fsp3) is 0.235. The molecule has 0 aliphatic heterocycles. The third-order valence-electron chi connectivity index (χ3n) is 3.21. The number of carbonyl (C=O) groups excluding carboxylic acids is 1. The molecule has 0 unspecified atom stereocenters. The Kier molecular flexibility index (Phi) is 4.91. The van der Waals surface area contributed by atoms with Gasteiger partial charge in [-0.3, -0.25) is 4.79 Å². The standard InChI is InChI=1S/C17H19NO2/c1-13(17(20)15-10-6-3-7-11-15)18-16(19)12-14-8-4-2-5-9-14/h2-11,13,17,20H,12H2,1H3,(H,18,19)/t13-,17-/m0/s1. The lowest BCUT2D eigenvalue weighted by atomic mass is 10.0. The Bertz CT molecular complexity index is 539. The Morgan fingerprint density at radius 1 is 1.05 bits per heavy atom. The molecule has 2 N–H and O–H groups in total. The van der Waals surface area contributed by atoms with Crippen molar-refractivity contribution >= 4 is 5.91 Å². The number of hydrogen-bond acceptors (Lipinski definition) is 2. The van der Waals surface area contributed by atoms with Gasteiger partial charge in [-0.2, -0.15) is 0 Å². The fourth-order valence-electron chi connectivity index (χ4n) is 2.10. The lowest BCUT2D eigenvalue weighted by molar-refractivity contribution is -0.121. The van der Waals surface area contributed by atoms with Crippen LogP contribution < -0.4 is 5.32 Å². The van der Waals surface area contributed by atoms with Gasteiger partial charge >= 0.3 is 0 Å². The van der Waals surface area contributed by atoms with E-state index in [2.05, 4.69) is 5.32 Å². The summed E-state index contributed by atoms with van der Waals surface area (Å²) in [4.78, 5) is 11.9. The minimum Gasteiger partial charge on any atom is -0.386 e. The van der Waals surface area contributed by atoms with Crippen molar-refractivity contribution in [3.8, 4) is 0 Å². The second-order valence-electron chi connectivity index (χ2n) is 4.87. The molecule has 0 aliphatic rings. The van der Waals surface area contributed by atoms with E-state index in [0.29, 0.717) is 6.42 Å². The normalized spacial score (nSPS) is 13.5. The van der Waals surface area contributed by atoms with Crippen molar-refractivity contribution in [2.45, 2.75) is 25.5 Å². The van der Waals surface area contributed by atoms with Gasteiger partial charge in [0.1, 0.15) is 0 Å². The first-order chi connectivity index (χ1) is 9.66. The first-order valence-electron chi connectivity index (χ1n) is 6.73. The van der Waals surface area contributed by atoms with E-state index < -0.39 is 6.10 Å². The number of nitrogens with one attached hydrogen (secondary N) is 1. The molecule has 1 amide bonds. The summed E-state index contributed by atoms with van der Waals surface area (Å²) in [5.74, 6) is -0.0846. The molecule has 3 nitrogen and oxygen atoms in total. The van der Waals surface area contributed by atoms with Crippen molar-refractivity contribution in [1.82, 2.24) is 5.32 Å². The summed E-state index contributed by atoms with van der Waals surface area (Å²) in [5, 5.41) is 13.0. The lowest BCUT2D eigenvalue weighted by Gasteiger charge is -2.20. The van der Waals surface area contributed by atoms with Gasteiger partial charge in [0.05, 0.1) is 18.6 Å². The van der Waals surface area contributed by atoms with Gasteiger partial charge in [-0.15, -0.1) is 0 Å². The highest BCUT2D eigenvalue weighted by Crippen LogP contribution is 2.16. The lowest BCUT2D eigenvalue weighted by Crippen LogP contribution is -2.37. The number of aliphatic hydroxyl groups excluding tert-OH is 1. The number of amides is 1. The number of benzene rings is 2. The maximum absolute atomic E-state index is 11.9. The fourth-order valence-corrected chi connectivity index (χ4v) is 2.10. The predicted molar refractivity (Wildman–Crippen MR) is 79.2 cm³/mol. The molecule has 0 bridgehead atoms. The number of carbonyl (C=O) groups is 1. The monoisotopic (exact) mass is 269 g/mol. The number of aliphatic hydroxyl groups is 1. The molecule has 0 spiro atoms. The van der Waals surface area contributed by atoms with Crippen molar-refractivity contribution in [2.75, 3.05) is 0 Å². The molecule has 20 heavy (non-hydrogen) atoms. The maximum atomic E-state index is 11.9. The predicted octanol–water partition coefficient (Wildman–Crippen LogP) is 2.47. The van der Waals surface area contributed by atoms with Gasteiger partial charge in [0.25, 0.3) is 0 Å². The van der Waals surface area contributed by atoms with Crippen LogP contribution in [0.25, 0.3) is 0 Å². The average Bonchev–Trinajstić information content (AvgIpc) is 2.48. The summed E-state index contributed by atoms with van der Waals surface area (Å²) < 4.78 is 0. The van der Waals surface area contributed by atoms with Crippen LogP contribution in [0.4, 0.5) is 0 Å². The van der Waals surface area contributed by atoms with Crippen LogP contribution in [0, 0.1) is 0 Å². The van der Waals surface area contributed by atoms with Gasteiger partial charge in [-0.05, 0) is 18.1 Å². The van der Waals surface area contributed by atoms with E-state index in [9.17, 15) is 9.90 Å². The van der Waals surface area contributed by atoms with Crippen molar-refractivity contribution in [2.24, 2.45) is 0 Å². The number of hydrogen-bond donors (Lipinski definition) is 2. The van der Waals surface area contributed by atoms with E-state index >= 15 is 0 Å². The molecular weight excluding hydrogens is 250 g/mol. The molecule has 0 saturated carbocycles. The van der Waals surface area contributed by atoms with Crippen molar-refractivity contribution in [3.63, 3.8) is 0 Å². The third kappa shape index (κ3) is 3.93. The van der Waals surface area contributed by atoms with Gasteiger partial charge in [0.15, 0.2) is 0 Å². The average molecular weight is 269 g/mol. The first-order valence-corrected chi connectivity index (χ1v) is 6.73. The molecule has 2 rings (SSSR count). The van der Waals surface area contributed by atoms with Crippen LogP contribution in [0.5, 0.6) is 0 Å². The molecule has 2 aromatic carbocycles. The van der Waals surface area contributed by atoms with Crippen LogP contribution >= 0.6 is 0 Å². The summed E-state index contributed by atoms with van der Waals surface area (Å²) >= 11 is 0. The van der Waals surface area contributed by atoms with Crippen LogP contribution in [0.1, 0.15) is 24.2 Å². The van der Waals surface area contributed by atoms with Crippen LogP contribution in [-0.2, 0) is 11.2 Å². The van der Waals surface area contributed by atoms with Crippen LogP contribution in [0.3, 0.4) is 0 Å². The Morgan fingerprint density at radius 3 is 2.20 bits per heavy atom. The van der Waals surface area contributed by atoms with Gasteiger partial charge < -0.3 is 10.4 Å². The molecular formula is C17H19NO2. The Balaban J connectivity index is 1.91. The van der Waals surface area contributed by atoms with E-state index in [0.717, 1.165) is 11.1 Å². The molecule has 0 saturated heterocycles. The molecule has 0 fully saturated rings. The Morgan fingerprint density at radius 2 is 1.60 bits per heavy atom. The second kappa shape index (κ2) is 6.87. The van der Waals surface area contributed by atoms with Gasteiger partial charge in [-0.1, -0.05) is 60.7 Å². The molecule has 0 heterocycles. The highest BCUT2D eigenvalue weighted by atomic mass is 16.3. The van der Waals surface area contributed by atoms with E-state index in [1.54, 1.807) is 6.92 Å². The minimum atomic E-state index is -0.698. The smallest absolute Gasteiger partial charge is 0.224 e. The van der Waals surface area contributed by atoms with Crippen molar-refractivity contribution < 1.29 is 9.90 Å². The Labute approximate surface area is 119 Å². The van der Waals surface area contributed by atoms with Gasteiger partial charge in [-0.25, -0.2) is 0 Å². The molecule has 0 radical (unpaired) electrons. The molecule has 0 aromatic heterocycles. The highest BCUT2D eigenvalue weighted by molar-refractivity contribution is 5.78. The minimum absolute atomic E-state index is 0.0846. The summed E-state index contributed by atoms with van der Waals surface area (Å²) in [6, 6.07) is 18.6. The summed E-state index contributed by atoms with van der Waals surface area (Å²) in [5.41, 5.74) is 1.77. The Hall–Kier alpha value is -2.13. The van der Waals surface area contributed by atoms with E-state index in [1.165, 1.54) is 0 Å². The SMILES string of the molecule is C[C@H](NC(=O)Cc1ccccc1)[C@H](O)c1ccccc1. The molecule has 2 aromatic rings. The van der Waals surface area contributed by atoms with Gasteiger partial charge in [0.2, 0.25) is 5.91 Å². The van der Waals surface area contributed by atoms with Crippen LogP contribution in [-0.4, -0.2) is 17.1 Å². The third-order valence-corrected chi connectivity index (χ3v) is 3.21. The van der Waals surface area contributed by atoms with Crippen LogP contribution in [0.15, 0.2) is 60.7 Å². The molecule has 3 heteroatoms. The zero-order valence-electron chi connectivity index (χ0n) is 11.5. The van der Waals surface area contributed by atoms with Crippen LogP contribution in [0.2, 0.25) is 0 Å². The van der Waals surface area contributed by atoms with E-state index in [1.807, 2.05) is 60.7 Å². The van der Waals surface area contributed by atoms with Crippen molar-refractivity contribution in [3.05, 3.63) is 71.8 Å². The topological polar surface area (TPSA) is 49.3 Å². The quantitative estimate of drug-likeness (QED) is 0.876. The largest absolute Gasteiger partial charge is 0.386 e. The summed E-state index contributed by atoms with van der Waals surface area (Å²) in [6.07, 6.45) is -0.372. The zero-order chi connectivity index (χ0) is 14.4. The summed E-state index contributed by atoms with van der Waals surface area (Å²) in [7, 11) is 0. The first kappa shape index (κ1) is 14.3.